The summed E-state index contributed by atoms with van der Waals surface area (Å²) in [5, 5.41) is 0. The molecule has 1 saturated heterocycles. The molecule has 2 unspecified atom stereocenters. The van der Waals surface area contributed by atoms with Crippen LogP contribution in [0.4, 0.5) is 0 Å². The molecule has 1 aromatic carbocycles. The van der Waals surface area contributed by atoms with Crippen molar-refractivity contribution in [3.05, 3.63) is 41.5 Å². The minimum absolute atomic E-state index is 0.290. The first kappa shape index (κ1) is 14.8. The average molecular weight is 287 g/mol. The second kappa shape index (κ2) is 6.30. The van der Waals surface area contributed by atoms with Crippen LogP contribution in [-0.4, -0.2) is 38.3 Å². The summed E-state index contributed by atoms with van der Waals surface area (Å²) < 4.78 is 10.9. The average Bonchev–Trinajstić information content (AvgIpc) is 2.49. The van der Waals surface area contributed by atoms with Crippen LogP contribution in [0, 0.1) is 0 Å². The van der Waals surface area contributed by atoms with Crippen molar-refractivity contribution in [1.82, 2.24) is 4.90 Å². The van der Waals surface area contributed by atoms with E-state index in [0.29, 0.717) is 12.1 Å². The molecule has 2 heterocycles. The number of rotatable bonds is 4. The molecule has 1 aromatic rings. The number of fused-ring (bicyclic) bond motifs is 2. The highest BCUT2D eigenvalue weighted by Crippen LogP contribution is 2.38. The molecule has 0 N–H and O–H groups in total. The van der Waals surface area contributed by atoms with Gasteiger partial charge in [0.25, 0.3) is 0 Å². The number of likely N-dealkylation sites (N-methyl/N-ethyl adjacent to an activating group) is 1. The highest BCUT2D eigenvalue weighted by Gasteiger charge is 2.32. The second-order valence-corrected chi connectivity index (χ2v) is 6.10. The van der Waals surface area contributed by atoms with Crippen molar-refractivity contribution in [3.63, 3.8) is 0 Å². The van der Waals surface area contributed by atoms with Crippen LogP contribution in [0.5, 0.6) is 0 Å². The molecule has 0 amide bonds. The topological polar surface area (TPSA) is 21.7 Å². The number of hydrogen-bond acceptors (Lipinski definition) is 3. The predicted octanol–water partition coefficient (Wildman–Crippen LogP) is 3.62. The Bertz CT molecular complexity index is 522. The Morgan fingerprint density at radius 1 is 1.14 bits per heavy atom. The molecule has 2 aliphatic rings. The summed E-state index contributed by atoms with van der Waals surface area (Å²) in [5.41, 5.74) is 3.88. The first-order chi connectivity index (χ1) is 10.2. The lowest BCUT2D eigenvalue weighted by molar-refractivity contribution is -0.106. The van der Waals surface area contributed by atoms with Gasteiger partial charge in [-0.15, -0.1) is 0 Å². The highest BCUT2D eigenvalue weighted by molar-refractivity contribution is 5.70. The fourth-order valence-corrected chi connectivity index (χ4v) is 3.79. The van der Waals surface area contributed by atoms with Crippen LogP contribution in [0.25, 0.3) is 5.57 Å². The van der Waals surface area contributed by atoms with E-state index in [9.17, 15) is 0 Å². The molecule has 2 atom stereocenters. The summed E-state index contributed by atoms with van der Waals surface area (Å²) >= 11 is 0. The standard InChI is InChI=1S/C18H25NO2/c1-19-14-7-6-8-15(19)12-13(11-14)16-9-4-5-10-17(16)18(20-2)21-3/h4-5,9-11,14-15,18H,6-8,12H2,1-3H3. The zero-order valence-corrected chi connectivity index (χ0v) is 13.2. The molecular weight excluding hydrogens is 262 g/mol. The van der Waals surface area contributed by atoms with Crippen LogP contribution in [0.15, 0.2) is 30.3 Å². The molecule has 0 saturated carbocycles. The maximum absolute atomic E-state index is 5.47. The number of methoxy groups -OCH3 is 2. The highest BCUT2D eigenvalue weighted by atomic mass is 16.7. The van der Waals surface area contributed by atoms with Gasteiger partial charge in [0.2, 0.25) is 0 Å². The Balaban J connectivity index is 1.97. The maximum atomic E-state index is 5.47. The van der Waals surface area contributed by atoms with E-state index in [1.165, 1.54) is 30.4 Å². The monoisotopic (exact) mass is 287 g/mol. The molecule has 0 aliphatic carbocycles. The zero-order valence-electron chi connectivity index (χ0n) is 13.2. The number of hydrogen-bond donors (Lipinski definition) is 0. The van der Waals surface area contributed by atoms with Gasteiger partial charge in [-0.25, -0.2) is 0 Å². The fraction of sp³-hybridized carbons (Fsp3) is 0.556. The van der Waals surface area contributed by atoms with E-state index in [2.05, 4.69) is 42.3 Å². The van der Waals surface area contributed by atoms with Gasteiger partial charge >= 0.3 is 0 Å². The Hall–Kier alpha value is -1.16. The number of benzene rings is 1. The molecule has 114 valence electrons. The molecule has 3 heteroatoms. The molecular formula is C18H25NO2. The van der Waals surface area contributed by atoms with Crippen molar-refractivity contribution >= 4 is 5.57 Å². The van der Waals surface area contributed by atoms with Crippen LogP contribution < -0.4 is 0 Å². The quantitative estimate of drug-likeness (QED) is 0.790. The third-order valence-corrected chi connectivity index (χ3v) is 4.97. The second-order valence-electron chi connectivity index (χ2n) is 6.10. The van der Waals surface area contributed by atoms with E-state index in [0.717, 1.165) is 12.0 Å². The van der Waals surface area contributed by atoms with Crippen molar-refractivity contribution in [2.45, 2.75) is 44.1 Å². The summed E-state index contributed by atoms with van der Waals surface area (Å²) in [7, 11) is 5.66. The van der Waals surface area contributed by atoms with Crippen LogP contribution >= 0.6 is 0 Å². The Morgan fingerprint density at radius 2 is 1.90 bits per heavy atom. The van der Waals surface area contributed by atoms with Gasteiger partial charge in [0.1, 0.15) is 0 Å². The van der Waals surface area contributed by atoms with Gasteiger partial charge < -0.3 is 9.47 Å². The van der Waals surface area contributed by atoms with Crippen LogP contribution in [-0.2, 0) is 9.47 Å². The maximum Gasteiger partial charge on any atom is 0.183 e. The lowest BCUT2D eigenvalue weighted by Gasteiger charge is -2.43. The van der Waals surface area contributed by atoms with Gasteiger partial charge in [-0.2, -0.15) is 0 Å². The first-order valence-electron chi connectivity index (χ1n) is 7.82. The van der Waals surface area contributed by atoms with Gasteiger partial charge in [-0.05, 0) is 37.4 Å². The largest absolute Gasteiger partial charge is 0.352 e. The van der Waals surface area contributed by atoms with E-state index in [4.69, 9.17) is 9.47 Å². The molecule has 21 heavy (non-hydrogen) atoms. The van der Waals surface area contributed by atoms with Crippen LogP contribution in [0.3, 0.4) is 0 Å². The third-order valence-electron chi connectivity index (χ3n) is 4.97. The lowest BCUT2D eigenvalue weighted by atomic mass is 9.82. The molecule has 1 fully saturated rings. The minimum Gasteiger partial charge on any atom is -0.352 e. The van der Waals surface area contributed by atoms with E-state index < -0.39 is 0 Å². The van der Waals surface area contributed by atoms with Crippen molar-refractivity contribution in [2.75, 3.05) is 21.3 Å². The lowest BCUT2D eigenvalue weighted by Crippen LogP contribution is -2.45. The minimum atomic E-state index is -0.290. The summed E-state index contributed by atoms with van der Waals surface area (Å²) in [4.78, 5) is 2.54. The Morgan fingerprint density at radius 3 is 2.62 bits per heavy atom. The van der Waals surface area contributed by atoms with Gasteiger partial charge in [-0.3, -0.25) is 4.90 Å². The fourth-order valence-electron chi connectivity index (χ4n) is 3.79. The molecule has 2 aliphatic heterocycles. The van der Waals surface area contributed by atoms with Crippen molar-refractivity contribution in [2.24, 2.45) is 0 Å². The predicted molar refractivity (Wildman–Crippen MR) is 85.0 cm³/mol. The van der Waals surface area contributed by atoms with Crippen molar-refractivity contribution in [3.8, 4) is 0 Å². The summed E-state index contributed by atoms with van der Waals surface area (Å²) in [6, 6.07) is 9.75. The molecule has 2 bridgehead atoms. The molecule has 0 spiro atoms. The SMILES string of the molecule is COC(OC)c1ccccc1C1=CC2CCCC(C1)N2C. The van der Waals surface area contributed by atoms with Crippen molar-refractivity contribution in [1.29, 1.82) is 0 Å². The zero-order chi connectivity index (χ0) is 14.8. The number of piperidine rings is 1. The van der Waals surface area contributed by atoms with Crippen molar-refractivity contribution < 1.29 is 9.47 Å². The first-order valence-corrected chi connectivity index (χ1v) is 7.82. The Labute approximate surface area is 127 Å². The number of ether oxygens (including phenoxy) is 2. The van der Waals surface area contributed by atoms with Gasteiger partial charge in [-0.1, -0.05) is 36.8 Å². The van der Waals surface area contributed by atoms with E-state index in [1.54, 1.807) is 14.2 Å². The molecule has 0 radical (unpaired) electrons. The Kier molecular flexibility index (Phi) is 4.43. The van der Waals surface area contributed by atoms with E-state index in [1.807, 2.05) is 0 Å². The normalized spacial score (nSPS) is 26.0. The molecule has 0 aromatic heterocycles. The smallest absolute Gasteiger partial charge is 0.183 e. The van der Waals surface area contributed by atoms with E-state index in [-0.39, 0.29) is 6.29 Å². The summed E-state index contributed by atoms with van der Waals surface area (Å²) in [6.45, 7) is 0. The molecule has 3 nitrogen and oxygen atoms in total. The summed E-state index contributed by atoms with van der Waals surface area (Å²) in [5.74, 6) is 0. The van der Waals surface area contributed by atoms with Gasteiger partial charge in [0.15, 0.2) is 6.29 Å². The third kappa shape index (κ3) is 2.78. The van der Waals surface area contributed by atoms with Crippen LogP contribution in [0.1, 0.15) is 43.1 Å². The number of nitrogens with zero attached hydrogens (tertiary/aromatic N) is 1. The molecule has 3 rings (SSSR count). The van der Waals surface area contributed by atoms with Crippen LogP contribution in [0.2, 0.25) is 0 Å². The van der Waals surface area contributed by atoms with Gasteiger partial charge in [0, 0.05) is 31.9 Å². The van der Waals surface area contributed by atoms with Gasteiger partial charge in [0.05, 0.1) is 0 Å². The summed E-state index contributed by atoms with van der Waals surface area (Å²) in [6.07, 6.45) is 7.23. The van der Waals surface area contributed by atoms with E-state index >= 15 is 0 Å².